The van der Waals surface area contributed by atoms with E-state index in [0.717, 1.165) is 0 Å². The van der Waals surface area contributed by atoms with Crippen LogP contribution < -0.4 is 4.74 Å². The Morgan fingerprint density at radius 1 is 1.21 bits per heavy atom. The average Bonchev–Trinajstić information content (AvgIpc) is 2.09. The average molecular weight is 257 g/mol. The molecule has 0 atom stereocenters. The Morgan fingerprint density at radius 3 is 2.36 bits per heavy atom. The molecule has 0 radical (unpaired) electrons. The smallest absolute Gasteiger partial charge is 0.341 e. The second-order valence-corrected chi connectivity index (χ2v) is 3.60. The van der Waals surface area contributed by atoms with Crippen molar-refractivity contribution >= 4 is 40.8 Å². The first-order valence-electron chi connectivity index (χ1n) is 3.50. The molecular weight excluding hydrogens is 252 g/mol. The zero-order valence-corrected chi connectivity index (χ0v) is 9.03. The molecule has 3 nitrogen and oxygen atoms in total. The number of benzene rings is 1. The molecule has 0 heterocycles. The summed E-state index contributed by atoms with van der Waals surface area (Å²) >= 11 is 17.1. The Hall–Kier alpha value is -0.640. The molecule has 0 aromatic heterocycles. The highest BCUT2D eigenvalue weighted by atomic mass is 35.5. The molecule has 0 bridgehead atoms. The fourth-order valence-corrected chi connectivity index (χ4v) is 1.35. The molecule has 0 fully saturated rings. The molecule has 0 spiro atoms. The highest BCUT2D eigenvalue weighted by Crippen LogP contribution is 2.33. The third-order valence-electron chi connectivity index (χ3n) is 1.33. The van der Waals surface area contributed by atoms with Crippen LogP contribution in [0.4, 0.5) is 0 Å². The molecule has 1 aromatic carbocycles. The van der Waals surface area contributed by atoms with E-state index in [4.69, 9.17) is 44.6 Å². The van der Waals surface area contributed by atoms with E-state index in [1.807, 2.05) is 0 Å². The topological polar surface area (TPSA) is 46.5 Å². The van der Waals surface area contributed by atoms with Crippen molar-refractivity contribution < 1.29 is 14.6 Å². The van der Waals surface area contributed by atoms with Crippen LogP contribution in [0.25, 0.3) is 0 Å². The first-order chi connectivity index (χ1) is 6.50. The lowest BCUT2D eigenvalue weighted by Gasteiger charge is -2.06. The van der Waals surface area contributed by atoms with Crippen molar-refractivity contribution in [3.05, 3.63) is 27.2 Å². The van der Waals surface area contributed by atoms with E-state index >= 15 is 0 Å². The minimum atomic E-state index is -1.09. The van der Waals surface area contributed by atoms with Crippen LogP contribution in [-0.2, 0) is 4.79 Å². The number of halogens is 3. The predicted octanol–water partition coefficient (Wildman–Crippen LogP) is 3.11. The van der Waals surface area contributed by atoms with Gasteiger partial charge >= 0.3 is 5.97 Å². The minimum absolute atomic E-state index is 0.198. The molecule has 0 amide bonds. The Morgan fingerprint density at radius 2 is 1.79 bits per heavy atom. The number of carbonyl (C=O) groups is 1. The molecule has 1 N–H and O–H groups in total. The van der Waals surface area contributed by atoms with Crippen LogP contribution in [0.2, 0.25) is 15.1 Å². The summed E-state index contributed by atoms with van der Waals surface area (Å²) in [7, 11) is 0. The van der Waals surface area contributed by atoms with Crippen molar-refractivity contribution in [2.24, 2.45) is 0 Å². The minimum Gasteiger partial charge on any atom is -0.480 e. The van der Waals surface area contributed by atoms with Crippen molar-refractivity contribution in [1.82, 2.24) is 0 Å². The highest BCUT2D eigenvalue weighted by molar-refractivity contribution is 6.43. The third kappa shape index (κ3) is 2.94. The van der Waals surface area contributed by atoms with Crippen molar-refractivity contribution in [3.8, 4) is 5.75 Å². The Bertz CT molecular complexity index is 365. The molecule has 6 heteroatoms. The van der Waals surface area contributed by atoms with Gasteiger partial charge in [-0.25, -0.2) is 4.79 Å². The van der Waals surface area contributed by atoms with Gasteiger partial charge in [0.15, 0.2) is 6.61 Å². The summed E-state index contributed by atoms with van der Waals surface area (Å²) in [5.74, 6) is -0.893. The highest BCUT2D eigenvalue weighted by Gasteiger charge is 2.08. The maximum atomic E-state index is 10.2. The van der Waals surface area contributed by atoms with Crippen molar-refractivity contribution in [2.45, 2.75) is 0 Å². The Labute approximate surface area is 95.1 Å². The van der Waals surface area contributed by atoms with E-state index in [1.165, 1.54) is 12.1 Å². The van der Waals surface area contributed by atoms with Gasteiger partial charge in [-0.3, -0.25) is 0 Å². The number of ether oxygens (including phenoxy) is 1. The summed E-state index contributed by atoms with van der Waals surface area (Å²) < 4.78 is 4.86. The molecule has 1 rings (SSSR count). The molecule has 0 saturated carbocycles. The lowest BCUT2D eigenvalue weighted by molar-refractivity contribution is -0.139. The number of rotatable bonds is 3. The van der Waals surface area contributed by atoms with Gasteiger partial charge in [0, 0.05) is 6.07 Å². The normalized spacial score (nSPS) is 9.93. The zero-order chi connectivity index (χ0) is 10.7. The van der Waals surface area contributed by atoms with Gasteiger partial charge in [-0.15, -0.1) is 0 Å². The first-order valence-corrected chi connectivity index (χ1v) is 4.63. The van der Waals surface area contributed by atoms with E-state index in [2.05, 4.69) is 0 Å². The van der Waals surface area contributed by atoms with Crippen molar-refractivity contribution in [1.29, 1.82) is 0 Å². The summed E-state index contributed by atoms with van der Waals surface area (Å²) in [5, 5.41) is 9.14. The maximum Gasteiger partial charge on any atom is 0.341 e. The van der Waals surface area contributed by atoms with Gasteiger partial charge in [0.2, 0.25) is 0 Å². The summed E-state index contributed by atoms with van der Waals surface area (Å²) in [5.41, 5.74) is 0. The van der Waals surface area contributed by atoms with E-state index < -0.39 is 12.6 Å². The van der Waals surface area contributed by atoms with Crippen LogP contribution in [0.5, 0.6) is 5.75 Å². The van der Waals surface area contributed by atoms with Gasteiger partial charge in [0.05, 0.1) is 15.1 Å². The second-order valence-electron chi connectivity index (χ2n) is 2.38. The Balaban J connectivity index is 2.87. The summed E-state index contributed by atoms with van der Waals surface area (Å²) in [6.45, 7) is -0.475. The van der Waals surface area contributed by atoms with E-state index in [1.54, 1.807) is 0 Å². The fraction of sp³-hybridized carbons (Fsp3) is 0.125. The largest absolute Gasteiger partial charge is 0.480 e. The molecular formula is C8H5Cl3O3. The maximum absolute atomic E-state index is 10.2. The first kappa shape index (κ1) is 11.4. The predicted molar refractivity (Wildman–Crippen MR) is 54.6 cm³/mol. The number of carboxylic acids is 1. The molecule has 0 aliphatic heterocycles. The van der Waals surface area contributed by atoms with Crippen LogP contribution in [0.3, 0.4) is 0 Å². The number of hydrogen-bond donors (Lipinski definition) is 1. The monoisotopic (exact) mass is 256 g/mol. The van der Waals surface area contributed by atoms with Crippen molar-refractivity contribution in [3.63, 3.8) is 0 Å². The third-order valence-corrected chi connectivity index (χ3v) is 2.34. The van der Waals surface area contributed by atoms with Gasteiger partial charge in [0.1, 0.15) is 5.75 Å². The molecule has 1 aromatic rings. The van der Waals surface area contributed by atoms with Gasteiger partial charge in [0.25, 0.3) is 0 Å². The number of carboxylic acid groups (broad SMARTS) is 1. The van der Waals surface area contributed by atoms with Crippen LogP contribution in [-0.4, -0.2) is 17.7 Å². The van der Waals surface area contributed by atoms with E-state index in [0.29, 0.717) is 5.02 Å². The van der Waals surface area contributed by atoms with Gasteiger partial charge in [-0.1, -0.05) is 34.8 Å². The summed E-state index contributed by atoms with van der Waals surface area (Å²) in [6.07, 6.45) is 0. The molecule has 0 aliphatic carbocycles. The zero-order valence-electron chi connectivity index (χ0n) is 6.76. The lowest BCUT2D eigenvalue weighted by Crippen LogP contribution is -2.09. The summed E-state index contributed by atoms with van der Waals surface area (Å²) in [6, 6.07) is 2.76. The van der Waals surface area contributed by atoms with Gasteiger partial charge in [-0.05, 0) is 6.07 Å². The summed E-state index contributed by atoms with van der Waals surface area (Å²) in [4.78, 5) is 10.2. The molecule has 0 aliphatic rings. The molecule has 14 heavy (non-hydrogen) atoms. The van der Waals surface area contributed by atoms with Crippen LogP contribution >= 0.6 is 34.8 Å². The fourth-order valence-electron chi connectivity index (χ4n) is 0.754. The molecule has 0 saturated heterocycles. The number of hydrogen-bond acceptors (Lipinski definition) is 2. The standard InChI is InChI=1S/C8H5Cl3O3/c9-4-1-6(11)7(2-5(4)10)14-3-8(12)13/h1-2H,3H2,(H,12,13)/i8+2. The van der Waals surface area contributed by atoms with Crippen LogP contribution in [0, 0.1) is 0 Å². The lowest BCUT2D eigenvalue weighted by atomic mass is 10.3. The second kappa shape index (κ2) is 4.73. The van der Waals surface area contributed by atoms with Gasteiger partial charge < -0.3 is 9.84 Å². The quantitative estimate of drug-likeness (QED) is 0.846. The molecule has 76 valence electrons. The van der Waals surface area contributed by atoms with E-state index in [-0.39, 0.29) is 15.8 Å². The van der Waals surface area contributed by atoms with Gasteiger partial charge in [-0.2, -0.15) is 0 Å². The number of aliphatic carboxylic acids is 1. The van der Waals surface area contributed by atoms with Crippen LogP contribution in [0.15, 0.2) is 12.1 Å². The van der Waals surface area contributed by atoms with E-state index in [9.17, 15) is 4.79 Å². The SMILES string of the molecule is O=[14C](O)COc1cc(Cl)c(Cl)cc1Cl. The Kier molecular flexibility index (Phi) is 3.86. The molecule has 0 unspecified atom stereocenters. The van der Waals surface area contributed by atoms with Crippen LogP contribution in [0.1, 0.15) is 0 Å². The van der Waals surface area contributed by atoms with Crippen molar-refractivity contribution in [2.75, 3.05) is 6.61 Å².